The number of benzene rings is 2. The van der Waals surface area contributed by atoms with Crippen LogP contribution in [-0.4, -0.2) is 43.0 Å². The SMILES string of the molecule is C=CC(=O)N1CCCc2cc(C(=O)N3CCOC(c4ccc(Cl)c(Cl)c4)C3)ccc21. The van der Waals surface area contributed by atoms with Gasteiger partial charge in [-0.15, -0.1) is 0 Å². The van der Waals surface area contributed by atoms with Gasteiger partial charge in [0, 0.05) is 24.3 Å². The topological polar surface area (TPSA) is 49.9 Å². The van der Waals surface area contributed by atoms with Crippen LogP contribution in [0.4, 0.5) is 5.69 Å². The fraction of sp³-hybridized carbons (Fsp3) is 0.304. The van der Waals surface area contributed by atoms with Crippen molar-refractivity contribution in [3.63, 3.8) is 0 Å². The van der Waals surface area contributed by atoms with Crippen molar-refractivity contribution in [2.24, 2.45) is 0 Å². The van der Waals surface area contributed by atoms with Crippen molar-refractivity contribution in [3.8, 4) is 0 Å². The number of nitrogens with zero attached hydrogens (tertiary/aromatic N) is 2. The number of carbonyl (C=O) groups is 2. The highest BCUT2D eigenvalue weighted by atomic mass is 35.5. The Kier molecular flexibility index (Phi) is 6.14. The van der Waals surface area contributed by atoms with E-state index in [1.807, 2.05) is 18.2 Å². The van der Waals surface area contributed by atoms with Crippen molar-refractivity contribution in [2.75, 3.05) is 31.1 Å². The summed E-state index contributed by atoms with van der Waals surface area (Å²) in [5, 5.41) is 0.955. The Hall–Kier alpha value is -2.34. The summed E-state index contributed by atoms with van der Waals surface area (Å²) in [4.78, 5) is 28.8. The number of ether oxygens (including phenoxy) is 1. The van der Waals surface area contributed by atoms with Gasteiger partial charge < -0.3 is 14.5 Å². The highest BCUT2D eigenvalue weighted by molar-refractivity contribution is 6.42. The van der Waals surface area contributed by atoms with Crippen LogP contribution in [0, 0.1) is 0 Å². The Labute approximate surface area is 185 Å². The fourth-order valence-electron chi connectivity index (χ4n) is 4.00. The van der Waals surface area contributed by atoms with E-state index in [1.165, 1.54) is 6.08 Å². The molecule has 2 heterocycles. The smallest absolute Gasteiger partial charge is 0.254 e. The maximum absolute atomic E-state index is 13.2. The molecule has 2 aromatic carbocycles. The predicted octanol–water partition coefficient (Wildman–Crippen LogP) is 4.67. The lowest BCUT2D eigenvalue weighted by Crippen LogP contribution is -2.42. The van der Waals surface area contributed by atoms with E-state index in [-0.39, 0.29) is 17.9 Å². The van der Waals surface area contributed by atoms with Crippen molar-refractivity contribution in [1.29, 1.82) is 0 Å². The Balaban J connectivity index is 1.53. The van der Waals surface area contributed by atoms with Crippen LogP contribution >= 0.6 is 23.2 Å². The average Bonchev–Trinajstić information content (AvgIpc) is 2.79. The maximum Gasteiger partial charge on any atom is 0.254 e. The first-order chi connectivity index (χ1) is 14.5. The summed E-state index contributed by atoms with van der Waals surface area (Å²) < 4.78 is 5.87. The number of hydrogen-bond donors (Lipinski definition) is 0. The standard InChI is InChI=1S/C23H22Cl2N2O3/c1-2-22(28)27-9-3-4-15-12-17(6-8-20(15)27)23(29)26-10-11-30-21(14-26)16-5-7-18(24)19(25)13-16/h2,5-8,12-13,21H,1,3-4,9-11,14H2. The summed E-state index contributed by atoms with van der Waals surface area (Å²) in [5.41, 5.74) is 3.39. The summed E-state index contributed by atoms with van der Waals surface area (Å²) in [6.45, 7) is 5.65. The van der Waals surface area contributed by atoms with E-state index < -0.39 is 0 Å². The van der Waals surface area contributed by atoms with Crippen LogP contribution in [0.15, 0.2) is 49.1 Å². The van der Waals surface area contributed by atoms with Crippen LogP contribution in [0.25, 0.3) is 0 Å². The normalized spacial score (nSPS) is 18.7. The third kappa shape index (κ3) is 4.10. The van der Waals surface area contributed by atoms with E-state index >= 15 is 0 Å². The minimum absolute atomic E-state index is 0.0432. The van der Waals surface area contributed by atoms with E-state index in [0.29, 0.717) is 41.8 Å². The van der Waals surface area contributed by atoms with Crippen LogP contribution in [0.1, 0.15) is 34.0 Å². The molecule has 5 nitrogen and oxygen atoms in total. The number of morpholine rings is 1. The molecule has 7 heteroatoms. The lowest BCUT2D eigenvalue weighted by Gasteiger charge is -2.34. The van der Waals surface area contributed by atoms with E-state index in [4.69, 9.17) is 27.9 Å². The molecule has 0 N–H and O–H groups in total. The average molecular weight is 445 g/mol. The molecule has 0 aliphatic carbocycles. The number of rotatable bonds is 3. The van der Waals surface area contributed by atoms with Gasteiger partial charge in [0.1, 0.15) is 6.10 Å². The molecule has 1 fully saturated rings. The van der Waals surface area contributed by atoms with Crippen LogP contribution in [0.3, 0.4) is 0 Å². The van der Waals surface area contributed by atoms with Crippen LogP contribution in [0.5, 0.6) is 0 Å². The van der Waals surface area contributed by atoms with Gasteiger partial charge in [0.25, 0.3) is 5.91 Å². The summed E-state index contributed by atoms with van der Waals surface area (Å²) in [6.07, 6.45) is 2.77. The molecule has 4 rings (SSSR count). The molecular formula is C23H22Cl2N2O3. The molecule has 1 unspecified atom stereocenters. The molecule has 1 atom stereocenters. The number of halogens is 2. The van der Waals surface area contributed by atoms with Gasteiger partial charge in [-0.25, -0.2) is 0 Å². The number of aryl methyl sites for hydroxylation is 1. The van der Waals surface area contributed by atoms with Crippen molar-refractivity contribution in [3.05, 3.63) is 75.8 Å². The van der Waals surface area contributed by atoms with Gasteiger partial charge in [-0.2, -0.15) is 0 Å². The molecule has 2 aliphatic heterocycles. The lowest BCUT2D eigenvalue weighted by molar-refractivity contribution is -0.114. The number of anilines is 1. The minimum Gasteiger partial charge on any atom is -0.370 e. The van der Waals surface area contributed by atoms with Gasteiger partial charge in [0.2, 0.25) is 5.91 Å². The van der Waals surface area contributed by atoms with Gasteiger partial charge in [-0.3, -0.25) is 9.59 Å². The van der Waals surface area contributed by atoms with Gasteiger partial charge in [0.05, 0.1) is 23.2 Å². The lowest BCUT2D eigenvalue weighted by atomic mass is 9.98. The van der Waals surface area contributed by atoms with Gasteiger partial charge in [-0.1, -0.05) is 35.8 Å². The van der Waals surface area contributed by atoms with Crippen LogP contribution < -0.4 is 4.90 Å². The molecule has 2 aromatic rings. The van der Waals surface area contributed by atoms with Crippen molar-refractivity contribution in [1.82, 2.24) is 4.90 Å². The van der Waals surface area contributed by atoms with E-state index in [2.05, 4.69) is 6.58 Å². The third-order valence-electron chi connectivity index (χ3n) is 5.55. The highest BCUT2D eigenvalue weighted by Gasteiger charge is 2.28. The monoisotopic (exact) mass is 444 g/mol. The second-order valence-corrected chi connectivity index (χ2v) is 8.24. The number of fused-ring (bicyclic) bond motifs is 1. The molecule has 156 valence electrons. The van der Waals surface area contributed by atoms with Crippen molar-refractivity contribution < 1.29 is 14.3 Å². The molecule has 30 heavy (non-hydrogen) atoms. The quantitative estimate of drug-likeness (QED) is 0.646. The van der Waals surface area contributed by atoms with Gasteiger partial charge in [-0.05, 0) is 60.4 Å². The first-order valence-corrected chi connectivity index (χ1v) is 10.7. The first kappa shape index (κ1) is 20.9. The molecule has 0 aromatic heterocycles. The van der Waals surface area contributed by atoms with Crippen molar-refractivity contribution >= 4 is 40.7 Å². The molecule has 1 saturated heterocycles. The van der Waals surface area contributed by atoms with E-state index in [1.54, 1.807) is 28.0 Å². The predicted molar refractivity (Wildman–Crippen MR) is 118 cm³/mol. The molecule has 0 saturated carbocycles. The zero-order valence-corrected chi connectivity index (χ0v) is 18.0. The number of hydrogen-bond acceptors (Lipinski definition) is 3. The minimum atomic E-state index is -0.254. The molecule has 0 radical (unpaired) electrons. The van der Waals surface area contributed by atoms with Crippen LogP contribution in [-0.2, 0) is 16.0 Å². The number of amides is 2. The zero-order chi connectivity index (χ0) is 21.3. The van der Waals surface area contributed by atoms with Crippen LogP contribution in [0.2, 0.25) is 10.0 Å². The molecule has 0 bridgehead atoms. The second kappa shape index (κ2) is 8.80. The maximum atomic E-state index is 13.2. The summed E-state index contributed by atoms with van der Waals surface area (Å²) in [6, 6.07) is 11.0. The molecule has 2 amide bonds. The molecule has 0 spiro atoms. The largest absolute Gasteiger partial charge is 0.370 e. The Morgan fingerprint density at radius 1 is 1.10 bits per heavy atom. The van der Waals surface area contributed by atoms with E-state index in [0.717, 1.165) is 29.7 Å². The van der Waals surface area contributed by atoms with Gasteiger partial charge >= 0.3 is 0 Å². The second-order valence-electron chi connectivity index (χ2n) is 7.43. The molecule has 2 aliphatic rings. The first-order valence-electron chi connectivity index (χ1n) is 9.90. The number of carbonyl (C=O) groups excluding carboxylic acids is 2. The fourth-order valence-corrected chi connectivity index (χ4v) is 4.31. The zero-order valence-electron chi connectivity index (χ0n) is 16.4. The summed E-state index contributed by atoms with van der Waals surface area (Å²) in [7, 11) is 0. The van der Waals surface area contributed by atoms with Crippen molar-refractivity contribution in [2.45, 2.75) is 18.9 Å². The highest BCUT2D eigenvalue weighted by Crippen LogP contribution is 2.31. The summed E-state index contributed by atoms with van der Waals surface area (Å²) >= 11 is 12.1. The Morgan fingerprint density at radius 3 is 2.70 bits per heavy atom. The van der Waals surface area contributed by atoms with Gasteiger partial charge in [0.15, 0.2) is 0 Å². The third-order valence-corrected chi connectivity index (χ3v) is 6.29. The van der Waals surface area contributed by atoms with E-state index in [9.17, 15) is 9.59 Å². The summed E-state index contributed by atoms with van der Waals surface area (Å²) in [5.74, 6) is -0.161. The Bertz CT molecular complexity index is 1010. The Morgan fingerprint density at radius 2 is 1.93 bits per heavy atom. The molecular weight excluding hydrogens is 423 g/mol.